The van der Waals surface area contributed by atoms with E-state index in [1.165, 1.54) is 0 Å². The molecule has 0 radical (unpaired) electrons. The first-order valence-electron chi connectivity index (χ1n) is 18.1. The molecule has 8 nitrogen and oxygen atoms in total. The lowest BCUT2D eigenvalue weighted by Crippen LogP contribution is -2.52. The Labute approximate surface area is 268 Å². The summed E-state index contributed by atoms with van der Waals surface area (Å²) in [4.78, 5) is 0. The van der Waals surface area contributed by atoms with Crippen LogP contribution in [0.1, 0.15) is 89.9 Å². The van der Waals surface area contributed by atoms with Crippen molar-refractivity contribution in [2.75, 3.05) is 6.54 Å². The maximum absolute atomic E-state index is 14.5. The number of aliphatic hydroxyl groups excluding tert-OH is 2. The van der Waals surface area contributed by atoms with Crippen molar-refractivity contribution in [2.24, 2.45) is 23.7 Å². The quantitative estimate of drug-likeness (QED) is 0.129. The number of rotatable bonds is 11. The Morgan fingerprint density at radius 3 is 2.16 bits per heavy atom. The van der Waals surface area contributed by atoms with Crippen LogP contribution in [0.3, 0.4) is 0 Å². The molecule has 3 saturated carbocycles. The van der Waals surface area contributed by atoms with Crippen LogP contribution >= 0.6 is 0 Å². The molecule has 0 amide bonds. The molecule has 0 aromatic rings. The summed E-state index contributed by atoms with van der Waals surface area (Å²) < 4.78 is 28.9. The van der Waals surface area contributed by atoms with Crippen molar-refractivity contribution in [2.45, 2.75) is 151 Å². The van der Waals surface area contributed by atoms with E-state index >= 15 is 0 Å². The standard InChI is InChI=1S/C35H58F2N6O2/c1-2-9-28-30(18-19-38-34(44)24-12-5-7-14-26(24)36)42-32(40-28)22-10-3-4-11-23(22)33-41-29-17-16-21(20-31(29)43-33)39-35(45)25-13-6-8-15-27(25)37/h2-4,18,21-29,31-35,38-45H,1,5-17,19-20H2/b30-18+/t21-,22?,23?,24?,25+,26+,27-,28?,29?,31?,32?,33+,34+,35-/m0/s1. The highest BCUT2D eigenvalue weighted by Crippen LogP contribution is 2.37. The second-order valence-corrected chi connectivity index (χ2v) is 14.7. The minimum Gasteiger partial charge on any atom is -0.378 e. The van der Waals surface area contributed by atoms with Crippen molar-refractivity contribution in [3.63, 3.8) is 0 Å². The third-order valence-corrected chi connectivity index (χ3v) is 11.8. The zero-order valence-corrected chi connectivity index (χ0v) is 26.9. The molecule has 2 aliphatic heterocycles. The Bertz CT molecular complexity index is 1030. The molecule has 0 bridgehead atoms. The minimum atomic E-state index is -0.935. The number of fused-ring (bicyclic) bond motifs is 1. The van der Waals surface area contributed by atoms with Crippen LogP contribution in [0, 0.1) is 23.7 Å². The van der Waals surface area contributed by atoms with Gasteiger partial charge >= 0.3 is 0 Å². The van der Waals surface area contributed by atoms with Crippen LogP contribution in [0.25, 0.3) is 0 Å². The second-order valence-electron chi connectivity index (χ2n) is 14.7. The number of nitrogens with one attached hydrogen (secondary N) is 6. The summed E-state index contributed by atoms with van der Waals surface area (Å²) in [6, 6.07) is 1.04. The van der Waals surface area contributed by atoms with E-state index in [2.05, 4.69) is 56.7 Å². The van der Waals surface area contributed by atoms with E-state index in [0.29, 0.717) is 43.3 Å². The summed E-state index contributed by atoms with van der Waals surface area (Å²) in [7, 11) is 0. The van der Waals surface area contributed by atoms with Crippen LogP contribution in [0.15, 0.2) is 36.6 Å². The van der Waals surface area contributed by atoms with Gasteiger partial charge in [0.15, 0.2) is 0 Å². The first kappa shape index (κ1) is 33.5. The molecule has 7 unspecified atom stereocenters. The molecule has 254 valence electrons. The molecule has 14 atom stereocenters. The molecular formula is C35H58F2N6O2. The van der Waals surface area contributed by atoms with Crippen LogP contribution in [-0.2, 0) is 0 Å². The van der Waals surface area contributed by atoms with Gasteiger partial charge in [0.25, 0.3) is 0 Å². The highest BCUT2D eigenvalue weighted by molar-refractivity contribution is 5.20. The zero-order chi connectivity index (χ0) is 31.3. The highest BCUT2D eigenvalue weighted by Gasteiger charge is 2.46. The van der Waals surface area contributed by atoms with Gasteiger partial charge in [-0.15, -0.1) is 6.58 Å². The number of halogens is 2. The summed E-state index contributed by atoms with van der Waals surface area (Å²) in [6.07, 6.45) is 17.7. The molecule has 0 aromatic carbocycles. The Morgan fingerprint density at radius 2 is 1.47 bits per heavy atom. The largest absolute Gasteiger partial charge is 0.378 e. The predicted molar refractivity (Wildman–Crippen MR) is 174 cm³/mol. The van der Waals surface area contributed by atoms with Gasteiger partial charge in [0.05, 0.1) is 18.4 Å². The van der Waals surface area contributed by atoms with Crippen LogP contribution in [0.2, 0.25) is 0 Å². The van der Waals surface area contributed by atoms with Crippen molar-refractivity contribution in [1.29, 1.82) is 0 Å². The lowest BCUT2D eigenvalue weighted by Gasteiger charge is -2.37. The van der Waals surface area contributed by atoms with Gasteiger partial charge in [-0.05, 0) is 76.2 Å². The topological polar surface area (TPSA) is 113 Å². The smallest absolute Gasteiger partial charge is 0.110 e. The molecule has 2 heterocycles. The van der Waals surface area contributed by atoms with Gasteiger partial charge in [-0.3, -0.25) is 26.6 Å². The van der Waals surface area contributed by atoms with E-state index < -0.39 is 24.8 Å². The van der Waals surface area contributed by atoms with E-state index in [-0.39, 0.29) is 36.3 Å². The van der Waals surface area contributed by atoms with Gasteiger partial charge in [0, 0.05) is 48.1 Å². The summed E-state index contributed by atoms with van der Waals surface area (Å²) in [5, 5.41) is 43.5. The number of alkyl halides is 2. The van der Waals surface area contributed by atoms with Crippen molar-refractivity contribution in [1.82, 2.24) is 31.9 Å². The number of aliphatic hydroxyl groups is 2. The summed E-state index contributed by atoms with van der Waals surface area (Å²) in [6.45, 7) is 4.47. The summed E-state index contributed by atoms with van der Waals surface area (Å²) in [5.41, 5.74) is 1.11. The highest BCUT2D eigenvalue weighted by atomic mass is 19.1. The lowest BCUT2D eigenvalue weighted by atomic mass is 9.79. The van der Waals surface area contributed by atoms with Gasteiger partial charge in [0.2, 0.25) is 0 Å². The minimum absolute atomic E-state index is 0.106. The fraction of sp³-hybridized carbons (Fsp3) is 0.829. The fourth-order valence-corrected chi connectivity index (χ4v) is 9.25. The Hall–Kier alpha value is -1.40. The Kier molecular flexibility index (Phi) is 11.7. The molecule has 2 saturated heterocycles. The van der Waals surface area contributed by atoms with Gasteiger partial charge < -0.3 is 15.5 Å². The van der Waals surface area contributed by atoms with E-state index in [1.807, 2.05) is 6.08 Å². The van der Waals surface area contributed by atoms with Crippen LogP contribution in [0.4, 0.5) is 8.78 Å². The Balaban J connectivity index is 1.04. The first-order valence-corrected chi connectivity index (χ1v) is 18.1. The molecule has 6 rings (SSSR count). The number of allylic oxidation sites excluding steroid dienone is 2. The van der Waals surface area contributed by atoms with E-state index in [0.717, 1.165) is 82.7 Å². The van der Waals surface area contributed by atoms with Crippen molar-refractivity contribution in [3.05, 3.63) is 36.6 Å². The van der Waals surface area contributed by atoms with Gasteiger partial charge in [0.1, 0.15) is 24.8 Å². The molecule has 6 aliphatic rings. The maximum Gasteiger partial charge on any atom is 0.110 e. The molecule has 0 aromatic heterocycles. The fourth-order valence-electron chi connectivity index (χ4n) is 9.25. The monoisotopic (exact) mass is 632 g/mol. The summed E-state index contributed by atoms with van der Waals surface area (Å²) in [5.74, 6) is 0.150. The third kappa shape index (κ3) is 8.02. The molecule has 5 fully saturated rings. The average Bonchev–Trinajstić information content (AvgIpc) is 3.65. The Morgan fingerprint density at radius 1 is 0.822 bits per heavy atom. The molecule has 4 aliphatic carbocycles. The number of hydrogen-bond donors (Lipinski definition) is 8. The van der Waals surface area contributed by atoms with E-state index in [4.69, 9.17) is 0 Å². The van der Waals surface area contributed by atoms with Crippen LogP contribution < -0.4 is 31.9 Å². The SMILES string of the molecule is C=CCC1NC(C2CC=CCC2[C@@H]2NC3CC[C@H](N[C@@H](O)[C@@H]4CCCC[C@@H]4F)CC3N2)N/C1=C/CN[C@H](O)C1CCCC[C@H]1F. The average molecular weight is 633 g/mol. The normalized spacial score (nSPS) is 44.3. The van der Waals surface area contributed by atoms with Gasteiger partial charge in [-0.1, -0.05) is 43.9 Å². The molecular weight excluding hydrogens is 574 g/mol. The van der Waals surface area contributed by atoms with E-state index in [9.17, 15) is 19.0 Å². The predicted octanol–water partition coefficient (Wildman–Crippen LogP) is 3.60. The van der Waals surface area contributed by atoms with Crippen molar-refractivity contribution >= 4 is 0 Å². The van der Waals surface area contributed by atoms with Crippen molar-refractivity contribution in [3.8, 4) is 0 Å². The van der Waals surface area contributed by atoms with Crippen LogP contribution in [-0.4, -0.2) is 78.1 Å². The molecule has 10 heteroatoms. The lowest BCUT2D eigenvalue weighted by molar-refractivity contribution is -0.00258. The second kappa shape index (κ2) is 15.7. The molecule has 45 heavy (non-hydrogen) atoms. The van der Waals surface area contributed by atoms with Gasteiger partial charge in [-0.25, -0.2) is 8.78 Å². The number of hydrogen-bond acceptors (Lipinski definition) is 8. The van der Waals surface area contributed by atoms with Crippen LogP contribution in [0.5, 0.6) is 0 Å². The first-order chi connectivity index (χ1) is 21.9. The van der Waals surface area contributed by atoms with E-state index in [1.54, 1.807) is 0 Å². The molecule has 0 spiro atoms. The summed E-state index contributed by atoms with van der Waals surface area (Å²) >= 11 is 0. The van der Waals surface area contributed by atoms with Gasteiger partial charge in [-0.2, -0.15) is 0 Å². The maximum atomic E-state index is 14.5. The van der Waals surface area contributed by atoms with Crippen molar-refractivity contribution < 1.29 is 19.0 Å². The third-order valence-electron chi connectivity index (χ3n) is 11.8. The molecule has 8 N–H and O–H groups in total. The zero-order valence-electron chi connectivity index (χ0n) is 26.9.